The lowest BCUT2D eigenvalue weighted by Crippen LogP contribution is -2.43. The Kier molecular flexibility index (Phi) is 6.03. The summed E-state index contributed by atoms with van der Waals surface area (Å²) >= 11 is 0. The van der Waals surface area contributed by atoms with E-state index < -0.39 is 21.9 Å². The van der Waals surface area contributed by atoms with E-state index in [-0.39, 0.29) is 17.3 Å². The second-order valence-electron chi connectivity index (χ2n) is 7.64. The van der Waals surface area contributed by atoms with Crippen molar-refractivity contribution in [3.63, 3.8) is 0 Å². The van der Waals surface area contributed by atoms with Crippen LogP contribution >= 0.6 is 0 Å². The average Bonchev–Trinajstić information content (AvgIpc) is 3.23. The van der Waals surface area contributed by atoms with E-state index in [0.29, 0.717) is 41.6 Å². The SMILES string of the molecule is COC(=O)c1cn(C(=O)[C@H]2CCCN(S(=O)(=O)c3ccc(OC)cc3)C2)c2ccccc12. The monoisotopic (exact) mass is 456 g/mol. The van der Waals surface area contributed by atoms with Crippen LogP contribution in [0.3, 0.4) is 0 Å². The van der Waals surface area contributed by atoms with Crippen LogP contribution < -0.4 is 4.74 Å². The first-order valence-corrected chi connectivity index (χ1v) is 11.7. The molecule has 4 rings (SSSR count). The van der Waals surface area contributed by atoms with Crippen molar-refractivity contribution in [3.05, 3.63) is 60.3 Å². The first-order chi connectivity index (χ1) is 15.4. The van der Waals surface area contributed by atoms with Crippen molar-refractivity contribution in [1.82, 2.24) is 8.87 Å². The van der Waals surface area contributed by atoms with E-state index in [9.17, 15) is 18.0 Å². The predicted molar refractivity (Wildman–Crippen MR) is 118 cm³/mol. The lowest BCUT2D eigenvalue weighted by molar-refractivity contribution is 0.0603. The molecular formula is C23H24N2O6S. The number of hydrogen-bond acceptors (Lipinski definition) is 6. The number of piperidine rings is 1. The van der Waals surface area contributed by atoms with Gasteiger partial charge in [-0.25, -0.2) is 13.2 Å². The van der Waals surface area contributed by atoms with Crippen LogP contribution in [0.4, 0.5) is 0 Å². The van der Waals surface area contributed by atoms with Crippen LogP contribution in [0.5, 0.6) is 5.75 Å². The number of carbonyl (C=O) groups excluding carboxylic acids is 2. The summed E-state index contributed by atoms with van der Waals surface area (Å²) < 4.78 is 39.0. The molecule has 0 saturated carbocycles. The summed E-state index contributed by atoms with van der Waals surface area (Å²) in [6, 6.07) is 13.3. The zero-order valence-electron chi connectivity index (χ0n) is 17.9. The summed E-state index contributed by atoms with van der Waals surface area (Å²) in [6.07, 6.45) is 2.61. The zero-order valence-corrected chi connectivity index (χ0v) is 18.7. The zero-order chi connectivity index (χ0) is 22.9. The minimum Gasteiger partial charge on any atom is -0.497 e. The number of ether oxygens (including phenoxy) is 2. The van der Waals surface area contributed by atoms with Crippen molar-refractivity contribution >= 4 is 32.8 Å². The number of benzene rings is 2. The van der Waals surface area contributed by atoms with Gasteiger partial charge in [0.25, 0.3) is 0 Å². The highest BCUT2D eigenvalue weighted by Crippen LogP contribution is 2.28. The third-order valence-electron chi connectivity index (χ3n) is 5.79. The van der Waals surface area contributed by atoms with Gasteiger partial charge in [-0.2, -0.15) is 4.31 Å². The van der Waals surface area contributed by atoms with Crippen LogP contribution in [0.1, 0.15) is 28.0 Å². The van der Waals surface area contributed by atoms with Crippen LogP contribution in [-0.4, -0.2) is 56.5 Å². The molecule has 0 spiro atoms. The molecule has 1 aromatic heterocycles. The Morgan fingerprint density at radius 3 is 2.44 bits per heavy atom. The van der Waals surface area contributed by atoms with E-state index in [4.69, 9.17) is 9.47 Å². The van der Waals surface area contributed by atoms with Gasteiger partial charge >= 0.3 is 5.97 Å². The Morgan fingerprint density at radius 1 is 1.03 bits per heavy atom. The molecule has 8 nitrogen and oxygen atoms in total. The number of aromatic nitrogens is 1. The number of para-hydroxylation sites is 1. The number of nitrogens with zero attached hydrogens (tertiary/aromatic N) is 2. The van der Waals surface area contributed by atoms with Gasteiger partial charge in [0.1, 0.15) is 5.75 Å². The van der Waals surface area contributed by atoms with Crippen LogP contribution in [0.25, 0.3) is 10.9 Å². The molecule has 9 heteroatoms. The van der Waals surface area contributed by atoms with Crippen molar-refractivity contribution in [2.24, 2.45) is 5.92 Å². The van der Waals surface area contributed by atoms with Crippen LogP contribution in [-0.2, 0) is 14.8 Å². The normalized spacial score (nSPS) is 17.2. The molecule has 0 unspecified atom stereocenters. The van der Waals surface area contributed by atoms with Gasteiger partial charge in [-0.15, -0.1) is 0 Å². The molecule has 1 saturated heterocycles. The minimum absolute atomic E-state index is 0.0766. The molecule has 0 amide bonds. The molecule has 2 aromatic carbocycles. The quantitative estimate of drug-likeness (QED) is 0.548. The number of hydrogen-bond donors (Lipinski definition) is 0. The highest BCUT2D eigenvalue weighted by Gasteiger charge is 2.34. The van der Waals surface area contributed by atoms with Crippen molar-refractivity contribution in [1.29, 1.82) is 0 Å². The number of rotatable bonds is 5. The first kappa shape index (κ1) is 22.0. The Labute approximate surface area is 186 Å². The number of methoxy groups -OCH3 is 2. The highest BCUT2D eigenvalue weighted by molar-refractivity contribution is 7.89. The summed E-state index contributed by atoms with van der Waals surface area (Å²) in [5.41, 5.74) is 0.892. The maximum atomic E-state index is 13.4. The van der Waals surface area contributed by atoms with Gasteiger partial charge in [0, 0.05) is 24.7 Å². The van der Waals surface area contributed by atoms with Gasteiger partial charge in [-0.3, -0.25) is 9.36 Å². The minimum atomic E-state index is -3.75. The highest BCUT2D eigenvalue weighted by atomic mass is 32.2. The van der Waals surface area contributed by atoms with Crippen LogP contribution in [0.2, 0.25) is 0 Å². The Balaban J connectivity index is 1.62. The van der Waals surface area contributed by atoms with E-state index in [2.05, 4.69) is 0 Å². The third-order valence-corrected chi connectivity index (χ3v) is 7.66. The van der Waals surface area contributed by atoms with Crippen molar-refractivity contribution in [2.45, 2.75) is 17.7 Å². The fourth-order valence-corrected chi connectivity index (χ4v) is 5.61. The fourth-order valence-electron chi connectivity index (χ4n) is 4.09. The Hall–Kier alpha value is -3.17. The average molecular weight is 457 g/mol. The van der Waals surface area contributed by atoms with Gasteiger partial charge in [0.15, 0.2) is 0 Å². The number of sulfonamides is 1. The molecule has 1 atom stereocenters. The first-order valence-electron chi connectivity index (χ1n) is 10.2. The largest absolute Gasteiger partial charge is 0.497 e. The maximum absolute atomic E-state index is 13.4. The number of fused-ring (bicyclic) bond motifs is 1. The Morgan fingerprint density at radius 2 is 1.75 bits per heavy atom. The molecule has 0 N–H and O–H groups in total. The summed E-state index contributed by atoms with van der Waals surface area (Å²) in [5, 5.41) is 0.617. The molecule has 0 radical (unpaired) electrons. The predicted octanol–water partition coefficient (Wildman–Crippen LogP) is 3.18. The van der Waals surface area contributed by atoms with E-state index in [1.54, 1.807) is 36.4 Å². The molecule has 1 aliphatic rings. The van der Waals surface area contributed by atoms with Gasteiger partial charge in [-0.05, 0) is 43.2 Å². The van der Waals surface area contributed by atoms with Crippen LogP contribution in [0, 0.1) is 5.92 Å². The molecule has 1 aliphatic heterocycles. The van der Waals surface area contributed by atoms with Crippen LogP contribution in [0.15, 0.2) is 59.6 Å². The van der Waals surface area contributed by atoms with E-state index in [1.165, 1.54) is 41.4 Å². The molecule has 32 heavy (non-hydrogen) atoms. The van der Waals surface area contributed by atoms with E-state index in [1.807, 2.05) is 0 Å². The molecule has 2 heterocycles. The third kappa shape index (κ3) is 3.89. The number of esters is 1. The summed E-state index contributed by atoms with van der Waals surface area (Å²) in [5.74, 6) is -0.735. The van der Waals surface area contributed by atoms with Crippen molar-refractivity contribution in [2.75, 3.05) is 27.3 Å². The summed E-state index contributed by atoms with van der Waals surface area (Å²) in [4.78, 5) is 25.7. The van der Waals surface area contributed by atoms with Gasteiger partial charge < -0.3 is 9.47 Å². The lowest BCUT2D eigenvalue weighted by Gasteiger charge is -2.31. The molecule has 0 bridgehead atoms. The Bertz CT molecular complexity index is 1260. The number of carbonyl (C=O) groups is 2. The summed E-state index contributed by atoms with van der Waals surface area (Å²) in [6.45, 7) is 0.422. The maximum Gasteiger partial charge on any atom is 0.340 e. The smallest absolute Gasteiger partial charge is 0.340 e. The van der Waals surface area contributed by atoms with Gasteiger partial charge in [0.05, 0.1) is 36.1 Å². The second kappa shape index (κ2) is 8.76. The standard InChI is InChI=1S/C23H24N2O6S/c1-30-17-9-11-18(12-10-17)32(28,29)24-13-5-6-16(14-24)22(26)25-15-20(23(27)31-2)19-7-3-4-8-21(19)25/h3-4,7-12,15-16H,5-6,13-14H2,1-2H3/t16-/m0/s1. The summed E-state index contributed by atoms with van der Waals surface area (Å²) in [7, 11) is -0.942. The van der Waals surface area contributed by atoms with E-state index >= 15 is 0 Å². The molecule has 3 aromatic rings. The van der Waals surface area contributed by atoms with Crippen molar-refractivity contribution in [3.8, 4) is 5.75 Å². The lowest BCUT2D eigenvalue weighted by atomic mass is 9.98. The second-order valence-corrected chi connectivity index (χ2v) is 9.58. The molecular weight excluding hydrogens is 432 g/mol. The van der Waals surface area contributed by atoms with Gasteiger partial charge in [0.2, 0.25) is 15.9 Å². The molecule has 1 fully saturated rings. The molecule has 0 aliphatic carbocycles. The fraction of sp³-hybridized carbons (Fsp3) is 0.304. The van der Waals surface area contributed by atoms with E-state index in [0.717, 1.165) is 0 Å². The van der Waals surface area contributed by atoms with Gasteiger partial charge in [-0.1, -0.05) is 18.2 Å². The topological polar surface area (TPSA) is 94.9 Å². The molecule has 168 valence electrons. The van der Waals surface area contributed by atoms with Crippen molar-refractivity contribution < 1.29 is 27.5 Å².